The quantitative estimate of drug-likeness (QED) is 0.876. The maximum absolute atomic E-state index is 14.0. The molecule has 1 N–H and O–H groups in total. The van der Waals surface area contributed by atoms with Crippen molar-refractivity contribution in [3.05, 3.63) is 35.9 Å². The fraction of sp³-hybridized carbons (Fsp3) is 0.600. The molecule has 1 aromatic rings. The first-order valence-electron chi connectivity index (χ1n) is 6.81. The third-order valence-electron chi connectivity index (χ3n) is 3.77. The molecule has 0 bridgehead atoms. The average molecular weight is 285 g/mol. The molecular weight excluding hydrogens is 264 g/mol. The molecule has 1 aliphatic carbocycles. The standard InChI is InChI=1S/C15H21F2NS/c1-19-14-9-5-8-13(10-14)18-11-15(16,17)12-6-3-2-4-7-12/h2-4,6-7,13-14,18H,5,8-11H2,1H3. The Bertz CT molecular complexity index is 383. The Morgan fingerprint density at radius 3 is 2.68 bits per heavy atom. The molecule has 0 saturated heterocycles. The molecule has 2 unspecified atom stereocenters. The second-order valence-corrected chi connectivity index (χ2v) is 6.31. The van der Waals surface area contributed by atoms with Gasteiger partial charge in [-0.3, -0.25) is 0 Å². The summed E-state index contributed by atoms with van der Waals surface area (Å²) in [6, 6.07) is 8.31. The predicted molar refractivity (Wildman–Crippen MR) is 77.9 cm³/mol. The second kappa shape index (κ2) is 6.71. The van der Waals surface area contributed by atoms with Gasteiger partial charge in [0.15, 0.2) is 0 Å². The van der Waals surface area contributed by atoms with Gasteiger partial charge in [-0.05, 0) is 25.5 Å². The van der Waals surface area contributed by atoms with Crippen molar-refractivity contribution in [2.24, 2.45) is 0 Å². The van der Waals surface area contributed by atoms with E-state index in [1.807, 2.05) is 11.8 Å². The first kappa shape index (κ1) is 14.8. The highest BCUT2D eigenvalue weighted by atomic mass is 32.2. The van der Waals surface area contributed by atoms with Crippen molar-refractivity contribution in [3.63, 3.8) is 0 Å². The Hall–Kier alpha value is -0.610. The highest BCUT2D eigenvalue weighted by molar-refractivity contribution is 7.99. The number of alkyl halides is 2. The Morgan fingerprint density at radius 1 is 1.26 bits per heavy atom. The molecule has 1 aromatic carbocycles. The predicted octanol–water partition coefficient (Wildman–Crippen LogP) is 4.04. The zero-order valence-electron chi connectivity index (χ0n) is 11.2. The van der Waals surface area contributed by atoms with Gasteiger partial charge in [0.05, 0.1) is 6.54 Å². The van der Waals surface area contributed by atoms with Crippen LogP contribution in [0.2, 0.25) is 0 Å². The van der Waals surface area contributed by atoms with Crippen molar-refractivity contribution in [3.8, 4) is 0 Å². The number of benzene rings is 1. The van der Waals surface area contributed by atoms with Gasteiger partial charge in [-0.25, -0.2) is 0 Å². The summed E-state index contributed by atoms with van der Waals surface area (Å²) in [6.07, 6.45) is 6.48. The van der Waals surface area contributed by atoms with E-state index < -0.39 is 5.92 Å². The van der Waals surface area contributed by atoms with Crippen LogP contribution in [0.1, 0.15) is 31.2 Å². The molecule has 1 aliphatic rings. The van der Waals surface area contributed by atoms with Crippen LogP contribution in [0.5, 0.6) is 0 Å². The molecule has 4 heteroatoms. The average Bonchev–Trinajstić information content (AvgIpc) is 2.46. The lowest BCUT2D eigenvalue weighted by Gasteiger charge is -2.30. The summed E-state index contributed by atoms with van der Waals surface area (Å²) >= 11 is 1.85. The number of halogens is 2. The minimum atomic E-state index is -2.78. The van der Waals surface area contributed by atoms with Crippen LogP contribution in [0, 0.1) is 0 Å². The van der Waals surface area contributed by atoms with Gasteiger partial charge in [-0.1, -0.05) is 36.8 Å². The molecule has 106 valence electrons. The van der Waals surface area contributed by atoms with Crippen molar-refractivity contribution >= 4 is 11.8 Å². The third kappa shape index (κ3) is 4.18. The van der Waals surface area contributed by atoms with Crippen molar-refractivity contribution < 1.29 is 8.78 Å². The lowest BCUT2D eigenvalue weighted by Crippen LogP contribution is -2.41. The van der Waals surface area contributed by atoms with Crippen LogP contribution in [0.25, 0.3) is 0 Å². The molecule has 1 nitrogen and oxygen atoms in total. The molecule has 0 spiro atoms. The monoisotopic (exact) mass is 285 g/mol. The van der Waals surface area contributed by atoms with Gasteiger partial charge in [0, 0.05) is 16.9 Å². The summed E-state index contributed by atoms with van der Waals surface area (Å²) in [5, 5.41) is 3.68. The van der Waals surface area contributed by atoms with Gasteiger partial charge in [0.1, 0.15) is 0 Å². The summed E-state index contributed by atoms with van der Waals surface area (Å²) in [6.45, 7) is -0.261. The van der Waals surface area contributed by atoms with E-state index in [1.165, 1.54) is 18.6 Å². The molecule has 0 heterocycles. The molecule has 1 fully saturated rings. The highest BCUT2D eigenvalue weighted by Crippen LogP contribution is 2.30. The fourth-order valence-corrected chi connectivity index (χ4v) is 3.43. The van der Waals surface area contributed by atoms with Gasteiger partial charge in [0.2, 0.25) is 0 Å². The largest absolute Gasteiger partial charge is 0.308 e. The second-order valence-electron chi connectivity index (χ2n) is 5.17. The van der Waals surface area contributed by atoms with Crippen molar-refractivity contribution in [2.75, 3.05) is 12.8 Å². The number of rotatable bonds is 5. The van der Waals surface area contributed by atoms with E-state index in [2.05, 4.69) is 11.6 Å². The van der Waals surface area contributed by atoms with Crippen LogP contribution in [0.4, 0.5) is 8.78 Å². The highest BCUT2D eigenvalue weighted by Gasteiger charge is 2.32. The van der Waals surface area contributed by atoms with E-state index in [9.17, 15) is 8.78 Å². The molecule has 0 aromatic heterocycles. The molecule has 19 heavy (non-hydrogen) atoms. The Morgan fingerprint density at radius 2 is 2.00 bits per heavy atom. The van der Waals surface area contributed by atoms with Gasteiger partial charge in [-0.15, -0.1) is 0 Å². The molecule has 0 aliphatic heterocycles. The van der Waals surface area contributed by atoms with Crippen LogP contribution in [-0.2, 0) is 5.92 Å². The van der Waals surface area contributed by atoms with Gasteiger partial charge >= 0.3 is 0 Å². The van der Waals surface area contributed by atoms with E-state index in [0.29, 0.717) is 5.25 Å². The molecule has 2 atom stereocenters. The lowest BCUT2D eigenvalue weighted by molar-refractivity contribution is -0.00670. The van der Waals surface area contributed by atoms with Crippen LogP contribution in [-0.4, -0.2) is 24.1 Å². The van der Waals surface area contributed by atoms with Crippen LogP contribution >= 0.6 is 11.8 Å². The Kier molecular flexibility index (Phi) is 5.22. The maximum Gasteiger partial charge on any atom is 0.285 e. The minimum absolute atomic E-state index is 0.0970. The van der Waals surface area contributed by atoms with Crippen molar-refractivity contribution in [2.45, 2.75) is 42.9 Å². The smallest absolute Gasteiger partial charge is 0.285 e. The molecular formula is C15H21F2NS. The minimum Gasteiger partial charge on any atom is -0.308 e. The van der Waals surface area contributed by atoms with Crippen LogP contribution in [0.3, 0.4) is 0 Å². The summed E-state index contributed by atoms with van der Waals surface area (Å²) in [4.78, 5) is 0. The lowest BCUT2D eigenvalue weighted by atomic mass is 9.94. The van der Waals surface area contributed by atoms with Crippen LogP contribution in [0.15, 0.2) is 30.3 Å². The Labute approximate surface area is 118 Å². The number of thioether (sulfide) groups is 1. The van der Waals surface area contributed by atoms with Gasteiger partial charge in [-0.2, -0.15) is 20.5 Å². The molecule has 0 radical (unpaired) electrons. The molecule has 1 saturated carbocycles. The molecule has 0 amide bonds. The fourth-order valence-electron chi connectivity index (χ4n) is 2.60. The van der Waals surface area contributed by atoms with Gasteiger partial charge in [0.25, 0.3) is 5.92 Å². The maximum atomic E-state index is 14.0. The van der Waals surface area contributed by atoms with E-state index in [1.54, 1.807) is 18.2 Å². The summed E-state index contributed by atoms with van der Waals surface area (Å²) < 4.78 is 28.0. The van der Waals surface area contributed by atoms with Gasteiger partial charge < -0.3 is 5.32 Å². The SMILES string of the molecule is CSC1CCCC(NCC(F)(F)c2ccccc2)C1. The number of hydrogen-bond acceptors (Lipinski definition) is 2. The van der Waals surface area contributed by atoms with E-state index >= 15 is 0 Å². The van der Waals surface area contributed by atoms with Crippen molar-refractivity contribution in [1.82, 2.24) is 5.32 Å². The zero-order valence-corrected chi connectivity index (χ0v) is 12.1. The number of nitrogens with one attached hydrogen (secondary N) is 1. The Balaban J connectivity index is 1.87. The van der Waals surface area contributed by atoms with E-state index in [0.717, 1.165) is 19.3 Å². The van der Waals surface area contributed by atoms with E-state index in [-0.39, 0.29) is 18.2 Å². The summed E-state index contributed by atoms with van der Waals surface area (Å²) in [7, 11) is 0. The normalized spacial score (nSPS) is 24.4. The third-order valence-corrected chi connectivity index (χ3v) is 4.86. The zero-order chi connectivity index (χ0) is 13.7. The molecule has 2 rings (SSSR count). The first-order valence-corrected chi connectivity index (χ1v) is 8.10. The van der Waals surface area contributed by atoms with Crippen molar-refractivity contribution in [1.29, 1.82) is 0 Å². The summed E-state index contributed by atoms with van der Waals surface area (Å²) in [5.74, 6) is -2.78. The topological polar surface area (TPSA) is 12.0 Å². The summed E-state index contributed by atoms with van der Waals surface area (Å²) in [5.41, 5.74) is 0.0970. The van der Waals surface area contributed by atoms with E-state index in [4.69, 9.17) is 0 Å². The number of hydrogen-bond donors (Lipinski definition) is 1. The van der Waals surface area contributed by atoms with Crippen LogP contribution < -0.4 is 5.32 Å². The first-order chi connectivity index (χ1) is 9.12.